The molecule has 146 valence electrons. The van der Waals surface area contributed by atoms with Crippen LogP contribution in [0.1, 0.15) is 65.2 Å². The molecule has 2 aliphatic carbocycles. The number of halogens is 1. The highest BCUT2D eigenvalue weighted by Crippen LogP contribution is 2.44. The molecule has 2 rings (SSSR count). The molecule has 2 aliphatic rings. The lowest BCUT2D eigenvalue weighted by Gasteiger charge is -2.40. The third-order valence-electron chi connectivity index (χ3n) is 6.10. The quantitative estimate of drug-likeness (QED) is 0.345. The second-order valence-electron chi connectivity index (χ2n) is 7.94. The zero-order valence-electron chi connectivity index (χ0n) is 16.5. The van der Waals surface area contributed by atoms with Gasteiger partial charge in [-0.2, -0.15) is 0 Å². The van der Waals surface area contributed by atoms with E-state index >= 15 is 0 Å². The van der Waals surface area contributed by atoms with Crippen molar-refractivity contribution in [3.05, 3.63) is 0 Å². The Labute approximate surface area is 170 Å². The number of rotatable bonds is 7. The minimum Gasteiger partial charge on any atom is -0.357 e. The third kappa shape index (κ3) is 5.47. The van der Waals surface area contributed by atoms with Crippen molar-refractivity contribution in [2.75, 3.05) is 33.7 Å². The van der Waals surface area contributed by atoms with Crippen LogP contribution in [0.15, 0.2) is 4.99 Å². The molecule has 0 saturated heterocycles. The number of guanidine groups is 1. The summed E-state index contributed by atoms with van der Waals surface area (Å²) in [5.74, 6) is 1.13. The summed E-state index contributed by atoms with van der Waals surface area (Å²) >= 11 is 0. The zero-order valence-corrected chi connectivity index (χ0v) is 18.8. The first-order chi connectivity index (χ1) is 11.5. The summed E-state index contributed by atoms with van der Waals surface area (Å²) in [4.78, 5) is 19.3. The van der Waals surface area contributed by atoms with E-state index in [9.17, 15) is 4.79 Å². The average molecular weight is 464 g/mol. The van der Waals surface area contributed by atoms with Gasteiger partial charge in [-0.15, -0.1) is 24.0 Å². The van der Waals surface area contributed by atoms with Crippen molar-refractivity contribution in [2.24, 2.45) is 15.8 Å². The third-order valence-corrected chi connectivity index (χ3v) is 6.10. The molecule has 25 heavy (non-hydrogen) atoms. The Morgan fingerprint density at radius 3 is 2.12 bits per heavy atom. The van der Waals surface area contributed by atoms with Gasteiger partial charge in [-0.05, 0) is 44.4 Å². The van der Waals surface area contributed by atoms with Crippen molar-refractivity contribution in [3.8, 4) is 0 Å². The first-order valence-corrected chi connectivity index (χ1v) is 9.71. The SMILES string of the molecule is CCNC(=NCC1(CC)CCC1)NCC1(C(=O)N(C)C)CCCC1.I. The monoisotopic (exact) mass is 464 g/mol. The number of aliphatic imine (C=N–C) groups is 1. The lowest BCUT2D eigenvalue weighted by molar-refractivity contribution is -0.138. The number of amides is 1. The lowest BCUT2D eigenvalue weighted by Crippen LogP contribution is -2.49. The molecule has 6 heteroatoms. The van der Waals surface area contributed by atoms with Crippen molar-refractivity contribution >= 4 is 35.8 Å². The molecule has 0 heterocycles. The number of hydrogen-bond acceptors (Lipinski definition) is 2. The maximum atomic E-state index is 12.7. The van der Waals surface area contributed by atoms with Crippen LogP contribution >= 0.6 is 24.0 Å². The Morgan fingerprint density at radius 2 is 1.68 bits per heavy atom. The van der Waals surface area contributed by atoms with Crippen LogP contribution in [0, 0.1) is 10.8 Å². The van der Waals surface area contributed by atoms with E-state index in [1.165, 1.54) is 25.7 Å². The van der Waals surface area contributed by atoms with Crippen LogP contribution in [0.2, 0.25) is 0 Å². The second kappa shape index (κ2) is 9.97. The van der Waals surface area contributed by atoms with Gasteiger partial charge in [0.25, 0.3) is 0 Å². The highest BCUT2D eigenvalue weighted by atomic mass is 127. The molecule has 2 saturated carbocycles. The predicted octanol–water partition coefficient (Wildman–Crippen LogP) is 3.39. The molecule has 0 unspecified atom stereocenters. The van der Waals surface area contributed by atoms with Crippen molar-refractivity contribution < 1.29 is 4.79 Å². The van der Waals surface area contributed by atoms with E-state index < -0.39 is 0 Å². The largest absolute Gasteiger partial charge is 0.357 e. The normalized spacial score (nSPS) is 21.0. The van der Waals surface area contributed by atoms with Gasteiger partial charge in [0.1, 0.15) is 0 Å². The van der Waals surface area contributed by atoms with Gasteiger partial charge in [-0.25, -0.2) is 0 Å². The number of nitrogens with zero attached hydrogens (tertiary/aromatic N) is 2. The van der Waals surface area contributed by atoms with E-state index in [4.69, 9.17) is 4.99 Å². The summed E-state index contributed by atoms with van der Waals surface area (Å²) in [5, 5.41) is 6.83. The van der Waals surface area contributed by atoms with Crippen LogP contribution in [0.3, 0.4) is 0 Å². The number of nitrogens with one attached hydrogen (secondary N) is 2. The Balaban J connectivity index is 0.00000312. The number of hydrogen-bond donors (Lipinski definition) is 2. The van der Waals surface area contributed by atoms with Crippen LogP contribution in [-0.4, -0.2) is 50.5 Å². The van der Waals surface area contributed by atoms with Crippen molar-refractivity contribution in [1.82, 2.24) is 15.5 Å². The Bertz CT molecular complexity index is 449. The molecular weight excluding hydrogens is 427 g/mol. The van der Waals surface area contributed by atoms with E-state index in [0.717, 1.165) is 44.7 Å². The maximum absolute atomic E-state index is 12.7. The minimum absolute atomic E-state index is 0. The van der Waals surface area contributed by atoms with Gasteiger partial charge in [0, 0.05) is 33.7 Å². The molecule has 0 bridgehead atoms. The fraction of sp³-hybridized carbons (Fsp3) is 0.895. The highest BCUT2D eigenvalue weighted by Gasteiger charge is 2.42. The predicted molar refractivity (Wildman–Crippen MR) is 116 cm³/mol. The van der Waals surface area contributed by atoms with E-state index in [0.29, 0.717) is 12.0 Å². The van der Waals surface area contributed by atoms with Gasteiger partial charge in [0.2, 0.25) is 5.91 Å². The summed E-state index contributed by atoms with van der Waals surface area (Å²) in [6.45, 7) is 6.80. The van der Waals surface area contributed by atoms with Gasteiger partial charge in [0.15, 0.2) is 5.96 Å². The standard InChI is InChI=1S/C19H36N4O.HI/c1-5-18(10-9-11-18)14-21-17(20-6-2)22-15-19(12-7-8-13-19)16(24)23(3)4;/h5-15H2,1-4H3,(H2,20,21,22);1H. The molecule has 0 spiro atoms. The summed E-state index contributed by atoms with van der Waals surface area (Å²) in [5.41, 5.74) is 0.172. The van der Waals surface area contributed by atoms with Crippen LogP contribution in [-0.2, 0) is 4.79 Å². The molecule has 0 radical (unpaired) electrons. The molecule has 1 amide bonds. The van der Waals surface area contributed by atoms with Crippen molar-refractivity contribution in [2.45, 2.75) is 65.2 Å². The topological polar surface area (TPSA) is 56.7 Å². The Hall–Kier alpha value is -0.530. The number of carbonyl (C=O) groups excluding carboxylic acids is 1. The molecule has 5 nitrogen and oxygen atoms in total. The molecule has 0 aromatic carbocycles. The van der Waals surface area contributed by atoms with Crippen LogP contribution < -0.4 is 10.6 Å². The summed E-state index contributed by atoms with van der Waals surface area (Å²) < 4.78 is 0. The van der Waals surface area contributed by atoms with Gasteiger partial charge in [-0.1, -0.05) is 26.2 Å². The van der Waals surface area contributed by atoms with Crippen LogP contribution in [0.4, 0.5) is 0 Å². The molecule has 0 aliphatic heterocycles. The van der Waals surface area contributed by atoms with Crippen molar-refractivity contribution in [1.29, 1.82) is 0 Å². The lowest BCUT2D eigenvalue weighted by atomic mass is 9.67. The van der Waals surface area contributed by atoms with Gasteiger partial charge < -0.3 is 15.5 Å². The van der Waals surface area contributed by atoms with E-state index in [-0.39, 0.29) is 35.3 Å². The Morgan fingerprint density at radius 1 is 1.04 bits per heavy atom. The molecule has 0 aromatic heterocycles. The fourth-order valence-corrected chi connectivity index (χ4v) is 4.13. The minimum atomic E-state index is -0.251. The van der Waals surface area contributed by atoms with E-state index in [1.807, 2.05) is 14.1 Å². The Kier molecular flexibility index (Phi) is 8.98. The summed E-state index contributed by atoms with van der Waals surface area (Å²) in [6.07, 6.45) is 9.41. The average Bonchev–Trinajstić information content (AvgIpc) is 3.01. The van der Waals surface area contributed by atoms with Gasteiger partial charge in [-0.3, -0.25) is 9.79 Å². The fourth-order valence-electron chi connectivity index (χ4n) is 4.13. The van der Waals surface area contributed by atoms with Gasteiger partial charge in [0.05, 0.1) is 5.41 Å². The molecule has 0 aromatic rings. The first kappa shape index (κ1) is 22.5. The second-order valence-corrected chi connectivity index (χ2v) is 7.94. The molecular formula is C19H37IN4O. The van der Waals surface area contributed by atoms with Crippen LogP contribution in [0.5, 0.6) is 0 Å². The molecule has 2 fully saturated rings. The zero-order chi connectivity index (χ0) is 17.6. The maximum Gasteiger partial charge on any atom is 0.230 e. The summed E-state index contributed by atoms with van der Waals surface area (Å²) in [7, 11) is 3.73. The molecule has 2 N–H and O–H groups in total. The first-order valence-electron chi connectivity index (χ1n) is 9.71. The van der Waals surface area contributed by atoms with E-state index in [1.54, 1.807) is 4.90 Å². The molecule has 0 atom stereocenters. The van der Waals surface area contributed by atoms with Gasteiger partial charge >= 0.3 is 0 Å². The van der Waals surface area contributed by atoms with Crippen molar-refractivity contribution in [3.63, 3.8) is 0 Å². The van der Waals surface area contributed by atoms with E-state index in [2.05, 4.69) is 24.5 Å². The highest BCUT2D eigenvalue weighted by molar-refractivity contribution is 14.0. The number of carbonyl (C=O) groups is 1. The smallest absolute Gasteiger partial charge is 0.230 e. The summed E-state index contributed by atoms with van der Waals surface area (Å²) in [6, 6.07) is 0. The van der Waals surface area contributed by atoms with Crippen LogP contribution in [0.25, 0.3) is 0 Å².